The van der Waals surface area contributed by atoms with Crippen molar-refractivity contribution in [3.8, 4) is 0 Å². The van der Waals surface area contributed by atoms with E-state index in [0.29, 0.717) is 6.04 Å². The molecule has 98 valence electrons. The summed E-state index contributed by atoms with van der Waals surface area (Å²) in [5.74, 6) is 0. The van der Waals surface area contributed by atoms with E-state index in [1.807, 2.05) is 18.3 Å². The molecule has 2 rings (SSSR count). The lowest BCUT2D eigenvalue weighted by Gasteiger charge is -2.15. The zero-order valence-electron chi connectivity index (χ0n) is 11.1. The van der Waals surface area contributed by atoms with Crippen LogP contribution in [0.2, 0.25) is 0 Å². The lowest BCUT2D eigenvalue weighted by Crippen LogP contribution is -2.22. The van der Waals surface area contributed by atoms with Crippen LogP contribution in [-0.4, -0.2) is 16.1 Å². The Kier molecular flexibility index (Phi) is 4.86. The summed E-state index contributed by atoms with van der Waals surface area (Å²) < 4.78 is 4.04. The molecule has 1 atom stereocenters. The van der Waals surface area contributed by atoms with Crippen molar-refractivity contribution in [1.82, 2.24) is 14.9 Å². The van der Waals surface area contributed by atoms with E-state index in [1.165, 1.54) is 26.2 Å². The third-order valence-corrected chi connectivity index (χ3v) is 5.12. The standard InChI is InChI=1S/C13H19N3S2/c1-4-10-6-7-11(17-10)8-12(14-5-2)13-9(3)15-16-18-13/h6-7,12,14H,4-5,8H2,1-3H3. The lowest BCUT2D eigenvalue weighted by atomic mass is 10.1. The average molecular weight is 281 g/mol. The number of rotatable bonds is 6. The molecule has 0 aromatic carbocycles. The molecule has 0 bridgehead atoms. The smallest absolute Gasteiger partial charge is 0.0772 e. The highest BCUT2D eigenvalue weighted by atomic mass is 32.1. The Morgan fingerprint density at radius 1 is 1.28 bits per heavy atom. The summed E-state index contributed by atoms with van der Waals surface area (Å²) in [7, 11) is 0. The summed E-state index contributed by atoms with van der Waals surface area (Å²) in [6.45, 7) is 7.35. The van der Waals surface area contributed by atoms with Gasteiger partial charge in [-0.3, -0.25) is 0 Å². The Morgan fingerprint density at radius 3 is 2.61 bits per heavy atom. The van der Waals surface area contributed by atoms with Gasteiger partial charge >= 0.3 is 0 Å². The van der Waals surface area contributed by atoms with E-state index in [0.717, 1.165) is 25.1 Å². The quantitative estimate of drug-likeness (QED) is 0.882. The number of aryl methyl sites for hydroxylation is 2. The Morgan fingerprint density at radius 2 is 2.06 bits per heavy atom. The van der Waals surface area contributed by atoms with E-state index in [1.54, 1.807) is 0 Å². The molecule has 2 aromatic heterocycles. The van der Waals surface area contributed by atoms with Crippen LogP contribution in [-0.2, 0) is 12.8 Å². The SMILES string of the molecule is CCNC(Cc1ccc(CC)s1)c1snnc1C. The molecular weight excluding hydrogens is 262 g/mol. The summed E-state index contributed by atoms with van der Waals surface area (Å²) in [4.78, 5) is 4.16. The molecule has 0 spiro atoms. The first-order valence-corrected chi connectivity index (χ1v) is 7.93. The van der Waals surface area contributed by atoms with Gasteiger partial charge in [-0.05, 0) is 43.6 Å². The van der Waals surface area contributed by atoms with Gasteiger partial charge in [0.05, 0.1) is 10.6 Å². The number of nitrogens with one attached hydrogen (secondary N) is 1. The molecule has 0 saturated heterocycles. The molecule has 0 fully saturated rings. The molecule has 0 aliphatic heterocycles. The predicted molar refractivity (Wildman–Crippen MR) is 78.5 cm³/mol. The second-order valence-corrected chi connectivity index (χ2v) is 6.30. The zero-order chi connectivity index (χ0) is 13.0. The maximum absolute atomic E-state index is 4.11. The van der Waals surface area contributed by atoms with E-state index in [2.05, 4.69) is 40.9 Å². The average Bonchev–Trinajstić information content (AvgIpc) is 2.97. The van der Waals surface area contributed by atoms with Crippen molar-refractivity contribution in [3.63, 3.8) is 0 Å². The molecule has 0 aliphatic carbocycles. The molecule has 2 aromatic rings. The van der Waals surface area contributed by atoms with E-state index < -0.39 is 0 Å². The number of nitrogens with zero attached hydrogens (tertiary/aromatic N) is 2. The largest absolute Gasteiger partial charge is 0.309 e. The van der Waals surface area contributed by atoms with E-state index >= 15 is 0 Å². The number of likely N-dealkylation sites (N-methyl/N-ethyl adjacent to an activating group) is 1. The number of hydrogen-bond donors (Lipinski definition) is 1. The minimum Gasteiger partial charge on any atom is -0.309 e. The Balaban J connectivity index is 2.13. The van der Waals surface area contributed by atoms with Crippen LogP contribution in [0, 0.1) is 6.92 Å². The van der Waals surface area contributed by atoms with Gasteiger partial charge in [-0.15, -0.1) is 16.4 Å². The highest BCUT2D eigenvalue weighted by molar-refractivity contribution is 7.12. The first-order chi connectivity index (χ1) is 8.74. The van der Waals surface area contributed by atoms with Crippen molar-refractivity contribution in [2.75, 3.05) is 6.54 Å². The molecule has 2 heterocycles. The van der Waals surface area contributed by atoms with Crippen LogP contribution in [0.4, 0.5) is 0 Å². The molecule has 0 aliphatic rings. The van der Waals surface area contributed by atoms with Gasteiger partial charge in [-0.1, -0.05) is 18.3 Å². The van der Waals surface area contributed by atoms with Crippen molar-refractivity contribution >= 4 is 22.9 Å². The molecule has 18 heavy (non-hydrogen) atoms. The van der Waals surface area contributed by atoms with E-state index in [4.69, 9.17) is 0 Å². The third-order valence-electron chi connectivity index (χ3n) is 2.92. The van der Waals surface area contributed by atoms with Crippen LogP contribution in [0.5, 0.6) is 0 Å². The summed E-state index contributed by atoms with van der Waals surface area (Å²) in [5, 5.41) is 7.65. The van der Waals surface area contributed by atoms with Gasteiger partial charge in [0, 0.05) is 22.2 Å². The van der Waals surface area contributed by atoms with Crippen molar-refractivity contribution in [2.45, 2.75) is 39.7 Å². The number of aromatic nitrogens is 2. The topological polar surface area (TPSA) is 37.8 Å². The first-order valence-electron chi connectivity index (χ1n) is 6.34. The van der Waals surface area contributed by atoms with Crippen LogP contribution in [0.25, 0.3) is 0 Å². The molecule has 5 heteroatoms. The van der Waals surface area contributed by atoms with Crippen LogP contribution >= 0.6 is 22.9 Å². The highest BCUT2D eigenvalue weighted by Gasteiger charge is 2.17. The van der Waals surface area contributed by atoms with Crippen LogP contribution in [0.1, 0.15) is 40.2 Å². The third kappa shape index (κ3) is 3.16. The maximum Gasteiger partial charge on any atom is 0.0772 e. The van der Waals surface area contributed by atoms with Crippen LogP contribution in [0.15, 0.2) is 12.1 Å². The molecular formula is C13H19N3S2. The maximum atomic E-state index is 4.11. The Hall–Kier alpha value is -0.780. The Bertz CT molecular complexity index is 490. The summed E-state index contributed by atoms with van der Waals surface area (Å²) in [6.07, 6.45) is 2.15. The second kappa shape index (κ2) is 6.41. The molecule has 0 amide bonds. The van der Waals surface area contributed by atoms with Crippen LogP contribution < -0.4 is 5.32 Å². The van der Waals surface area contributed by atoms with Crippen molar-refractivity contribution in [1.29, 1.82) is 0 Å². The second-order valence-electron chi connectivity index (χ2n) is 4.26. The minimum absolute atomic E-state index is 0.346. The van der Waals surface area contributed by atoms with Gasteiger partial charge in [0.1, 0.15) is 0 Å². The summed E-state index contributed by atoms with van der Waals surface area (Å²) in [6, 6.07) is 4.83. The van der Waals surface area contributed by atoms with Gasteiger partial charge in [0.2, 0.25) is 0 Å². The normalized spacial score (nSPS) is 12.8. The van der Waals surface area contributed by atoms with Gasteiger partial charge in [0.25, 0.3) is 0 Å². The monoisotopic (exact) mass is 281 g/mol. The summed E-state index contributed by atoms with van der Waals surface area (Å²) in [5.41, 5.74) is 1.05. The van der Waals surface area contributed by atoms with Crippen LogP contribution in [0.3, 0.4) is 0 Å². The fourth-order valence-corrected chi connectivity index (χ4v) is 3.71. The fourth-order valence-electron chi connectivity index (χ4n) is 1.98. The molecule has 3 nitrogen and oxygen atoms in total. The van der Waals surface area contributed by atoms with Gasteiger partial charge < -0.3 is 5.32 Å². The van der Waals surface area contributed by atoms with Gasteiger partial charge in [-0.25, -0.2) is 0 Å². The van der Waals surface area contributed by atoms with E-state index in [9.17, 15) is 0 Å². The fraction of sp³-hybridized carbons (Fsp3) is 0.538. The zero-order valence-corrected chi connectivity index (χ0v) is 12.7. The molecule has 0 radical (unpaired) electrons. The highest BCUT2D eigenvalue weighted by Crippen LogP contribution is 2.27. The number of hydrogen-bond acceptors (Lipinski definition) is 5. The molecule has 1 unspecified atom stereocenters. The van der Waals surface area contributed by atoms with Crippen molar-refractivity contribution in [3.05, 3.63) is 32.5 Å². The number of thiophene rings is 1. The predicted octanol–water partition coefficient (Wildman–Crippen LogP) is 3.36. The molecule has 1 N–H and O–H groups in total. The van der Waals surface area contributed by atoms with Gasteiger partial charge in [-0.2, -0.15) is 0 Å². The Labute approximate surface area is 116 Å². The first kappa shape index (κ1) is 13.6. The van der Waals surface area contributed by atoms with Gasteiger partial charge in [0.15, 0.2) is 0 Å². The minimum atomic E-state index is 0.346. The summed E-state index contributed by atoms with van der Waals surface area (Å²) >= 11 is 3.42. The van der Waals surface area contributed by atoms with Crippen molar-refractivity contribution in [2.24, 2.45) is 0 Å². The van der Waals surface area contributed by atoms with Crippen molar-refractivity contribution < 1.29 is 0 Å². The lowest BCUT2D eigenvalue weighted by molar-refractivity contribution is 0.558. The molecule has 0 saturated carbocycles. The van der Waals surface area contributed by atoms with E-state index in [-0.39, 0.29) is 0 Å².